The first kappa shape index (κ1) is 16.7. The zero-order valence-corrected chi connectivity index (χ0v) is 13.3. The number of esters is 1. The van der Waals surface area contributed by atoms with E-state index in [9.17, 15) is 4.79 Å². The number of rotatable bonds is 7. The molecule has 0 aromatic heterocycles. The van der Waals surface area contributed by atoms with E-state index in [0.717, 1.165) is 24.9 Å². The van der Waals surface area contributed by atoms with Crippen LogP contribution in [0.15, 0.2) is 24.3 Å². The van der Waals surface area contributed by atoms with Crippen LogP contribution in [0, 0.1) is 5.92 Å². The minimum absolute atomic E-state index is 0.249. The highest BCUT2D eigenvalue weighted by molar-refractivity contribution is 5.82. The summed E-state index contributed by atoms with van der Waals surface area (Å²) in [5.41, 5.74) is 1.46. The van der Waals surface area contributed by atoms with Crippen molar-refractivity contribution < 1.29 is 9.53 Å². The SMILES string of the molecule is CCCc1ccc(C(C)(NCC(C)C)C(=O)OC)cc1. The lowest BCUT2D eigenvalue weighted by atomic mass is 9.90. The van der Waals surface area contributed by atoms with Crippen LogP contribution in [0.5, 0.6) is 0 Å². The van der Waals surface area contributed by atoms with Crippen LogP contribution in [-0.4, -0.2) is 19.6 Å². The van der Waals surface area contributed by atoms with E-state index in [-0.39, 0.29) is 5.97 Å². The molecule has 0 saturated carbocycles. The molecule has 0 aliphatic rings. The molecule has 0 radical (unpaired) electrons. The highest BCUT2D eigenvalue weighted by Gasteiger charge is 2.35. The maximum atomic E-state index is 12.2. The number of benzene rings is 1. The minimum Gasteiger partial charge on any atom is -0.467 e. The number of aryl methyl sites for hydroxylation is 1. The van der Waals surface area contributed by atoms with Crippen LogP contribution in [0.4, 0.5) is 0 Å². The maximum Gasteiger partial charge on any atom is 0.330 e. The van der Waals surface area contributed by atoms with Gasteiger partial charge in [-0.25, -0.2) is 4.79 Å². The molecule has 3 nitrogen and oxygen atoms in total. The fourth-order valence-electron chi connectivity index (χ4n) is 2.20. The molecule has 1 aromatic rings. The van der Waals surface area contributed by atoms with E-state index < -0.39 is 5.54 Å². The van der Waals surface area contributed by atoms with Crippen molar-refractivity contribution in [1.29, 1.82) is 0 Å². The van der Waals surface area contributed by atoms with Gasteiger partial charge in [0.05, 0.1) is 7.11 Å². The third-order valence-electron chi connectivity index (χ3n) is 3.53. The first-order valence-electron chi connectivity index (χ1n) is 7.37. The van der Waals surface area contributed by atoms with E-state index in [4.69, 9.17) is 4.74 Å². The molecule has 0 aliphatic carbocycles. The summed E-state index contributed by atoms with van der Waals surface area (Å²) in [6, 6.07) is 8.23. The predicted molar refractivity (Wildman–Crippen MR) is 82.6 cm³/mol. The van der Waals surface area contributed by atoms with E-state index in [1.165, 1.54) is 12.7 Å². The van der Waals surface area contributed by atoms with Gasteiger partial charge in [0.1, 0.15) is 5.54 Å². The van der Waals surface area contributed by atoms with Crippen molar-refractivity contribution in [2.24, 2.45) is 5.92 Å². The van der Waals surface area contributed by atoms with E-state index in [1.807, 2.05) is 19.1 Å². The number of hydrogen-bond acceptors (Lipinski definition) is 3. The van der Waals surface area contributed by atoms with Gasteiger partial charge in [0.15, 0.2) is 0 Å². The molecule has 0 amide bonds. The molecule has 0 heterocycles. The average molecular weight is 277 g/mol. The second-order valence-corrected chi connectivity index (χ2v) is 5.84. The Morgan fingerprint density at radius 3 is 2.35 bits per heavy atom. The highest BCUT2D eigenvalue weighted by atomic mass is 16.5. The Kier molecular flexibility index (Phi) is 6.21. The molecule has 3 heteroatoms. The Hall–Kier alpha value is -1.35. The molecule has 1 unspecified atom stereocenters. The lowest BCUT2D eigenvalue weighted by Crippen LogP contribution is -2.48. The number of carbonyl (C=O) groups excluding carboxylic acids is 1. The molecule has 20 heavy (non-hydrogen) atoms. The molecule has 0 bridgehead atoms. The summed E-state index contributed by atoms with van der Waals surface area (Å²) in [4.78, 5) is 12.2. The van der Waals surface area contributed by atoms with Crippen molar-refractivity contribution in [3.05, 3.63) is 35.4 Å². The molecule has 1 rings (SSSR count). The summed E-state index contributed by atoms with van der Waals surface area (Å²) in [7, 11) is 1.43. The van der Waals surface area contributed by atoms with Crippen LogP contribution in [0.1, 0.15) is 45.2 Å². The van der Waals surface area contributed by atoms with E-state index in [1.54, 1.807) is 0 Å². The Balaban J connectivity index is 3.00. The number of hydrogen-bond donors (Lipinski definition) is 1. The van der Waals surface area contributed by atoms with E-state index in [0.29, 0.717) is 5.92 Å². The van der Waals surface area contributed by atoms with Crippen molar-refractivity contribution in [2.75, 3.05) is 13.7 Å². The summed E-state index contributed by atoms with van der Waals surface area (Å²) in [6.45, 7) is 9.05. The lowest BCUT2D eigenvalue weighted by molar-refractivity contribution is -0.148. The average Bonchev–Trinajstić information content (AvgIpc) is 2.45. The molecule has 0 fully saturated rings. The molecule has 0 spiro atoms. The number of nitrogens with one attached hydrogen (secondary N) is 1. The van der Waals surface area contributed by atoms with Crippen molar-refractivity contribution in [2.45, 2.75) is 46.1 Å². The van der Waals surface area contributed by atoms with Crippen LogP contribution >= 0.6 is 0 Å². The van der Waals surface area contributed by atoms with Gasteiger partial charge in [-0.2, -0.15) is 0 Å². The van der Waals surface area contributed by atoms with Crippen LogP contribution in [-0.2, 0) is 21.5 Å². The standard InChI is InChI=1S/C17H27NO2/c1-6-7-14-8-10-15(11-9-14)17(4,16(19)20-5)18-12-13(2)3/h8-11,13,18H,6-7,12H2,1-5H3. The maximum absolute atomic E-state index is 12.2. The van der Waals surface area contributed by atoms with Crippen LogP contribution in [0.25, 0.3) is 0 Å². The second-order valence-electron chi connectivity index (χ2n) is 5.84. The van der Waals surface area contributed by atoms with Crippen LogP contribution in [0.3, 0.4) is 0 Å². The minimum atomic E-state index is -0.788. The van der Waals surface area contributed by atoms with Crippen molar-refractivity contribution in [1.82, 2.24) is 5.32 Å². The van der Waals surface area contributed by atoms with Gasteiger partial charge in [-0.05, 0) is 36.9 Å². The van der Waals surface area contributed by atoms with Gasteiger partial charge >= 0.3 is 5.97 Å². The first-order chi connectivity index (χ1) is 9.43. The molecule has 1 aromatic carbocycles. The van der Waals surface area contributed by atoms with Gasteiger partial charge in [-0.3, -0.25) is 5.32 Å². The molecule has 0 saturated heterocycles. The van der Waals surface area contributed by atoms with Gasteiger partial charge in [-0.15, -0.1) is 0 Å². The van der Waals surface area contributed by atoms with E-state index >= 15 is 0 Å². The third kappa shape index (κ3) is 4.07. The van der Waals surface area contributed by atoms with Crippen molar-refractivity contribution in [3.63, 3.8) is 0 Å². The molecule has 112 valence electrons. The molecular weight excluding hydrogens is 250 g/mol. The highest BCUT2D eigenvalue weighted by Crippen LogP contribution is 2.23. The normalized spacial score (nSPS) is 14.1. The summed E-state index contributed by atoms with van der Waals surface area (Å²) >= 11 is 0. The zero-order chi connectivity index (χ0) is 15.2. The van der Waals surface area contributed by atoms with Gasteiger partial charge < -0.3 is 4.74 Å². The van der Waals surface area contributed by atoms with E-state index in [2.05, 4.69) is 38.2 Å². The Bertz CT molecular complexity index is 425. The van der Waals surface area contributed by atoms with Crippen LogP contribution in [0.2, 0.25) is 0 Å². The van der Waals surface area contributed by atoms with Crippen LogP contribution < -0.4 is 5.32 Å². The van der Waals surface area contributed by atoms with Crippen molar-refractivity contribution >= 4 is 5.97 Å². The van der Waals surface area contributed by atoms with Gasteiger partial charge in [-0.1, -0.05) is 51.5 Å². The fourth-order valence-corrected chi connectivity index (χ4v) is 2.20. The fraction of sp³-hybridized carbons (Fsp3) is 0.588. The monoisotopic (exact) mass is 277 g/mol. The predicted octanol–water partition coefficient (Wildman–Crippen LogP) is 3.27. The molecular formula is C17H27NO2. The summed E-state index contributed by atoms with van der Waals surface area (Å²) in [6.07, 6.45) is 2.19. The smallest absolute Gasteiger partial charge is 0.330 e. The Morgan fingerprint density at radius 2 is 1.90 bits per heavy atom. The van der Waals surface area contributed by atoms with Gasteiger partial charge in [0, 0.05) is 0 Å². The largest absolute Gasteiger partial charge is 0.467 e. The lowest BCUT2D eigenvalue weighted by Gasteiger charge is -2.29. The first-order valence-corrected chi connectivity index (χ1v) is 7.37. The molecule has 1 atom stereocenters. The molecule has 0 aliphatic heterocycles. The topological polar surface area (TPSA) is 38.3 Å². The van der Waals surface area contributed by atoms with Crippen molar-refractivity contribution in [3.8, 4) is 0 Å². The Morgan fingerprint density at radius 1 is 1.30 bits per heavy atom. The summed E-state index contributed by atoms with van der Waals surface area (Å²) < 4.78 is 4.98. The Labute approximate surface area is 122 Å². The zero-order valence-electron chi connectivity index (χ0n) is 13.3. The summed E-state index contributed by atoms with van der Waals surface area (Å²) in [5, 5.41) is 3.34. The second kappa shape index (κ2) is 7.44. The third-order valence-corrected chi connectivity index (χ3v) is 3.53. The summed E-state index contributed by atoms with van der Waals surface area (Å²) in [5.74, 6) is 0.222. The molecule has 1 N–H and O–H groups in total. The number of ether oxygens (including phenoxy) is 1. The van der Waals surface area contributed by atoms with Gasteiger partial charge in [0.25, 0.3) is 0 Å². The van der Waals surface area contributed by atoms with Gasteiger partial charge in [0.2, 0.25) is 0 Å². The number of carbonyl (C=O) groups is 1. The number of methoxy groups -OCH3 is 1. The quantitative estimate of drug-likeness (QED) is 0.777.